The maximum atomic E-state index is 14.2. The zero-order valence-corrected chi connectivity index (χ0v) is 29.8. The molecule has 258 valence electrons. The zero-order valence-electron chi connectivity index (χ0n) is 29.8. The topological polar surface area (TPSA) is 132 Å². The molecule has 0 spiro atoms. The number of methoxy groups -OCH3 is 1. The Balaban J connectivity index is 1.62. The van der Waals surface area contributed by atoms with Crippen LogP contribution in [0.2, 0.25) is 0 Å². The number of hydrogen-bond donors (Lipinski definition) is 5. The number of aliphatic hydroxyl groups is 1. The molecule has 9 heteroatoms. The highest BCUT2D eigenvalue weighted by molar-refractivity contribution is 6.24. The Labute approximate surface area is 287 Å². The largest absolute Gasteiger partial charge is 0.468 e. The third-order valence-corrected chi connectivity index (χ3v) is 10.6. The predicted octanol–water partition coefficient (Wildman–Crippen LogP) is 5.45. The number of rotatable bonds is 9. The monoisotopic (exact) mass is 664 g/mol. The molecule has 3 aromatic rings. The Morgan fingerprint density at radius 3 is 2.41 bits per heavy atom. The quantitative estimate of drug-likeness (QED) is 0.0896. The number of allylic oxidation sites excluding steroid dienone is 3. The van der Waals surface area contributed by atoms with E-state index < -0.39 is 18.2 Å². The minimum Gasteiger partial charge on any atom is -0.468 e. The van der Waals surface area contributed by atoms with Crippen molar-refractivity contribution in [3.05, 3.63) is 96.5 Å². The molecule has 1 saturated heterocycles. The number of aliphatic hydroxyl groups excluding tert-OH is 1. The van der Waals surface area contributed by atoms with Crippen LogP contribution in [0.5, 0.6) is 0 Å². The molecule has 3 aromatic heterocycles. The number of hydrogen-bond acceptors (Lipinski definition) is 6. The van der Waals surface area contributed by atoms with E-state index in [1.165, 1.54) is 12.7 Å². The van der Waals surface area contributed by atoms with Gasteiger partial charge in [-0.15, -0.1) is 0 Å². The molecule has 4 atom stereocenters. The van der Waals surface area contributed by atoms with Crippen molar-refractivity contribution in [3.8, 4) is 0 Å². The summed E-state index contributed by atoms with van der Waals surface area (Å²) in [7, 11) is 1.32. The van der Waals surface area contributed by atoms with Gasteiger partial charge >= 0.3 is 5.97 Å². The van der Waals surface area contributed by atoms with Crippen molar-refractivity contribution in [2.24, 2.45) is 17.8 Å². The van der Waals surface area contributed by atoms with Gasteiger partial charge in [0.1, 0.15) is 5.92 Å². The summed E-state index contributed by atoms with van der Waals surface area (Å²) in [6.45, 7) is 18.8. The minimum atomic E-state index is -1.11. The fourth-order valence-electron chi connectivity index (χ4n) is 7.73. The molecule has 6 rings (SSSR count). The van der Waals surface area contributed by atoms with E-state index in [0.717, 1.165) is 73.4 Å². The summed E-state index contributed by atoms with van der Waals surface area (Å²) in [5.74, 6) is -2.17. The van der Waals surface area contributed by atoms with Crippen LogP contribution in [0.3, 0.4) is 0 Å². The second-order valence-corrected chi connectivity index (χ2v) is 13.7. The third kappa shape index (κ3) is 5.89. The highest BCUT2D eigenvalue weighted by atomic mass is 16.6. The maximum absolute atomic E-state index is 14.2. The molecule has 0 aromatic carbocycles. The number of ketones is 1. The number of carbonyl (C=O) groups excluding carboxylic acids is 2. The molecule has 9 nitrogen and oxygen atoms in total. The van der Waals surface area contributed by atoms with Crippen molar-refractivity contribution < 1.29 is 24.2 Å². The average Bonchev–Trinajstić information content (AvgIpc) is 3.80. The smallest absolute Gasteiger partial charge is 0.321 e. The van der Waals surface area contributed by atoms with Crippen LogP contribution in [0, 0.1) is 38.5 Å². The van der Waals surface area contributed by atoms with Crippen LogP contribution in [0.1, 0.15) is 101 Å². The number of Topliss-reactive ketones (excluding diaryl/α,β-unsaturated/α-hetero) is 1. The number of carbonyl (C=O) groups is 2. The standard InChI is InChI=1S/C40H48N4O5/c1-10-24-20(5)27-16-29-22(7)26(12-13-33(45)49-15-14-19(3)4)37(43-29)35-36(40(47)48-9)39(46)34-23(8)30(44-38(34)35)18-32-25(11-2)21(6)28(42-32)17-31(24)41-27/h10,14,16-18,22,26,33,36,41-45H,1,11-13,15H2,2-9H3/b28-17-,29-16-,32-18-,37-35-/t22-,26-,33?,36+/m0/s1. The van der Waals surface area contributed by atoms with Crippen molar-refractivity contribution in [2.75, 3.05) is 13.7 Å². The average molecular weight is 665 g/mol. The Hall–Kier alpha value is -4.60. The molecular formula is C40H48N4O5. The fourth-order valence-corrected chi connectivity index (χ4v) is 7.73. The normalized spacial score (nSPS) is 23.9. The van der Waals surface area contributed by atoms with Crippen LogP contribution in [0.25, 0.3) is 29.9 Å². The zero-order chi connectivity index (χ0) is 35.3. The summed E-state index contributed by atoms with van der Waals surface area (Å²) in [6, 6.07) is 0. The van der Waals surface area contributed by atoms with Gasteiger partial charge in [-0.2, -0.15) is 0 Å². The Bertz CT molecular complexity index is 2080. The summed E-state index contributed by atoms with van der Waals surface area (Å²) in [5.41, 5.74) is 12.5. The second-order valence-electron chi connectivity index (χ2n) is 13.7. The highest BCUT2D eigenvalue weighted by Crippen LogP contribution is 2.48. The van der Waals surface area contributed by atoms with Gasteiger partial charge in [-0.05, 0) is 94.4 Å². The molecule has 5 N–H and O–H groups in total. The van der Waals surface area contributed by atoms with Gasteiger partial charge < -0.3 is 34.8 Å². The SMILES string of the molecule is C=Cc1c2[nH]c(c1C)/C=C1\N/C(=C3\c4[nH]c(c(C)c4C(=O)[C@@H]3C(=O)OC)/C=c3\[nH]/c(c(C)c3CC)=C\2)[C@@H](CCC(O)OCC=C(C)C)[C@@H]1C. The number of fused-ring (bicyclic) bond motifs is 7. The molecule has 0 saturated carbocycles. The lowest BCUT2D eigenvalue weighted by molar-refractivity contribution is -0.141. The van der Waals surface area contributed by atoms with Crippen LogP contribution in [0.4, 0.5) is 0 Å². The highest BCUT2D eigenvalue weighted by Gasteiger charge is 2.48. The first-order chi connectivity index (χ1) is 23.4. The van der Waals surface area contributed by atoms with Gasteiger partial charge in [0.05, 0.1) is 19.4 Å². The van der Waals surface area contributed by atoms with E-state index in [0.29, 0.717) is 36.3 Å². The maximum Gasteiger partial charge on any atom is 0.321 e. The van der Waals surface area contributed by atoms with Gasteiger partial charge in [0.15, 0.2) is 12.1 Å². The number of H-pyrrole nitrogens is 3. The lowest BCUT2D eigenvalue weighted by Gasteiger charge is -2.21. The summed E-state index contributed by atoms with van der Waals surface area (Å²) in [4.78, 5) is 38.5. The summed E-state index contributed by atoms with van der Waals surface area (Å²) in [5, 5.41) is 16.5. The molecule has 0 radical (unpaired) electrons. The molecule has 8 bridgehead atoms. The van der Waals surface area contributed by atoms with Gasteiger partial charge in [-0.1, -0.05) is 38.2 Å². The van der Waals surface area contributed by atoms with E-state index in [1.54, 1.807) is 0 Å². The Morgan fingerprint density at radius 1 is 1.02 bits per heavy atom. The van der Waals surface area contributed by atoms with E-state index >= 15 is 0 Å². The fraction of sp³-hybridized carbons (Fsp3) is 0.400. The molecule has 1 unspecified atom stereocenters. The van der Waals surface area contributed by atoms with Crippen LogP contribution >= 0.6 is 0 Å². The minimum absolute atomic E-state index is 0.0371. The van der Waals surface area contributed by atoms with E-state index in [9.17, 15) is 14.7 Å². The van der Waals surface area contributed by atoms with Crippen LogP contribution in [-0.4, -0.2) is 51.8 Å². The summed E-state index contributed by atoms with van der Waals surface area (Å²) in [6.07, 6.45) is 10.9. The molecular weight excluding hydrogens is 616 g/mol. The van der Waals surface area contributed by atoms with Crippen molar-refractivity contribution >= 4 is 41.6 Å². The second kappa shape index (κ2) is 13.4. The van der Waals surface area contributed by atoms with Crippen LogP contribution in [0.15, 0.2) is 29.6 Å². The molecule has 0 amide bonds. The van der Waals surface area contributed by atoms with Gasteiger partial charge in [-0.25, -0.2) is 0 Å². The number of esters is 1. The number of aromatic amines is 3. The lowest BCUT2D eigenvalue weighted by atomic mass is 9.85. The van der Waals surface area contributed by atoms with Gasteiger partial charge in [0.25, 0.3) is 0 Å². The molecule has 1 aliphatic carbocycles. The Kier molecular flexibility index (Phi) is 9.35. The first-order valence-corrected chi connectivity index (χ1v) is 17.2. The van der Waals surface area contributed by atoms with E-state index in [-0.39, 0.29) is 17.6 Å². The van der Waals surface area contributed by atoms with Crippen LogP contribution < -0.4 is 16.0 Å². The number of aromatic nitrogens is 3. The van der Waals surface area contributed by atoms with Crippen molar-refractivity contribution in [3.63, 3.8) is 0 Å². The van der Waals surface area contributed by atoms with Crippen LogP contribution in [-0.2, 0) is 20.7 Å². The number of ether oxygens (including phenoxy) is 2. The molecule has 3 aliphatic rings. The molecule has 5 heterocycles. The summed E-state index contributed by atoms with van der Waals surface area (Å²) >= 11 is 0. The molecule has 2 aliphatic heterocycles. The molecule has 49 heavy (non-hydrogen) atoms. The predicted molar refractivity (Wildman–Crippen MR) is 194 cm³/mol. The Morgan fingerprint density at radius 2 is 1.73 bits per heavy atom. The van der Waals surface area contributed by atoms with Gasteiger partial charge in [0.2, 0.25) is 0 Å². The van der Waals surface area contributed by atoms with E-state index in [2.05, 4.69) is 72.8 Å². The molecule has 1 fully saturated rings. The first kappa shape index (κ1) is 34.3. The lowest BCUT2D eigenvalue weighted by Crippen LogP contribution is -2.25. The van der Waals surface area contributed by atoms with Crippen molar-refractivity contribution in [1.82, 2.24) is 20.3 Å². The van der Waals surface area contributed by atoms with Gasteiger partial charge in [0, 0.05) is 67.7 Å². The third-order valence-electron chi connectivity index (χ3n) is 10.6. The number of nitrogens with one attached hydrogen (secondary N) is 4. The van der Waals surface area contributed by atoms with Crippen molar-refractivity contribution in [2.45, 2.75) is 74.0 Å². The van der Waals surface area contributed by atoms with Gasteiger partial charge in [-0.3, -0.25) is 9.59 Å². The van der Waals surface area contributed by atoms with E-state index in [1.807, 2.05) is 32.9 Å². The van der Waals surface area contributed by atoms with E-state index in [4.69, 9.17) is 9.47 Å². The first-order valence-electron chi connectivity index (χ1n) is 17.2. The van der Waals surface area contributed by atoms with Crippen molar-refractivity contribution in [1.29, 1.82) is 0 Å². The summed E-state index contributed by atoms with van der Waals surface area (Å²) < 4.78 is 10.9.